The normalized spacial score (nSPS) is 17.4. The maximum Gasteiger partial charge on any atom is 0.305 e. The van der Waals surface area contributed by atoms with Crippen molar-refractivity contribution >= 4 is 17.6 Å². The standard InChI is InChI=1S/C13H16N2O4/c1-13(14,6-12(17)18)8-3-4-10-9(5-8)15(2)11(16)7-19-10/h3-5H,6-7,14H2,1-2H3,(H,17,18). The number of rotatable bonds is 3. The first-order chi connectivity index (χ1) is 8.81. The summed E-state index contributed by atoms with van der Waals surface area (Å²) in [5.41, 5.74) is 6.29. The van der Waals surface area contributed by atoms with Gasteiger partial charge < -0.3 is 20.5 Å². The fourth-order valence-electron chi connectivity index (χ4n) is 2.04. The first-order valence-electron chi connectivity index (χ1n) is 5.86. The number of ether oxygens (including phenoxy) is 1. The summed E-state index contributed by atoms with van der Waals surface area (Å²) in [6.45, 7) is 1.66. The minimum Gasteiger partial charge on any atom is -0.482 e. The van der Waals surface area contributed by atoms with Crippen LogP contribution in [0, 0.1) is 0 Å². The van der Waals surface area contributed by atoms with Gasteiger partial charge in [0.1, 0.15) is 5.75 Å². The molecule has 1 aromatic rings. The Hall–Kier alpha value is -2.08. The third-order valence-corrected chi connectivity index (χ3v) is 3.22. The molecule has 19 heavy (non-hydrogen) atoms. The van der Waals surface area contributed by atoms with E-state index in [0.717, 1.165) is 0 Å². The second-order valence-corrected chi connectivity index (χ2v) is 4.91. The molecule has 1 aromatic carbocycles. The Bertz CT molecular complexity index is 539. The lowest BCUT2D eigenvalue weighted by Crippen LogP contribution is -2.38. The summed E-state index contributed by atoms with van der Waals surface area (Å²) >= 11 is 0. The third kappa shape index (κ3) is 2.53. The zero-order valence-corrected chi connectivity index (χ0v) is 10.8. The first-order valence-corrected chi connectivity index (χ1v) is 5.86. The van der Waals surface area contributed by atoms with Gasteiger partial charge in [-0.1, -0.05) is 6.07 Å². The van der Waals surface area contributed by atoms with Crippen LogP contribution in [0.15, 0.2) is 18.2 Å². The molecular weight excluding hydrogens is 248 g/mol. The monoisotopic (exact) mass is 264 g/mol. The molecule has 102 valence electrons. The van der Waals surface area contributed by atoms with Gasteiger partial charge in [0.25, 0.3) is 5.91 Å². The number of carbonyl (C=O) groups is 2. The molecule has 1 amide bonds. The first kappa shape index (κ1) is 13.4. The minimum absolute atomic E-state index is 0.0118. The summed E-state index contributed by atoms with van der Waals surface area (Å²) in [7, 11) is 1.65. The maximum absolute atomic E-state index is 11.6. The molecule has 1 aliphatic heterocycles. The van der Waals surface area contributed by atoms with Gasteiger partial charge in [0.05, 0.1) is 12.1 Å². The van der Waals surface area contributed by atoms with Crippen molar-refractivity contribution in [3.8, 4) is 5.75 Å². The van der Waals surface area contributed by atoms with Gasteiger partial charge in [0.15, 0.2) is 6.61 Å². The van der Waals surface area contributed by atoms with Crippen LogP contribution in [0.4, 0.5) is 5.69 Å². The molecule has 1 aliphatic rings. The zero-order chi connectivity index (χ0) is 14.2. The summed E-state index contributed by atoms with van der Waals surface area (Å²) in [4.78, 5) is 23.9. The van der Waals surface area contributed by atoms with Crippen LogP contribution in [0.2, 0.25) is 0 Å². The number of carbonyl (C=O) groups excluding carboxylic acids is 1. The molecule has 0 saturated heterocycles. The molecule has 1 heterocycles. The van der Waals surface area contributed by atoms with E-state index < -0.39 is 11.5 Å². The van der Waals surface area contributed by atoms with Crippen LogP contribution in [0.25, 0.3) is 0 Å². The summed E-state index contributed by atoms with van der Waals surface area (Å²) in [5, 5.41) is 8.87. The second kappa shape index (κ2) is 4.55. The second-order valence-electron chi connectivity index (χ2n) is 4.91. The number of benzene rings is 1. The number of hydrogen-bond acceptors (Lipinski definition) is 4. The molecule has 3 N–H and O–H groups in total. The maximum atomic E-state index is 11.6. The van der Waals surface area contributed by atoms with Crippen LogP contribution >= 0.6 is 0 Å². The predicted octanol–water partition coefficient (Wildman–Crippen LogP) is 0.690. The highest BCUT2D eigenvalue weighted by Gasteiger charge is 2.28. The van der Waals surface area contributed by atoms with Crippen molar-refractivity contribution in [1.29, 1.82) is 0 Å². The summed E-state index contributed by atoms with van der Waals surface area (Å²) < 4.78 is 5.31. The van der Waals surface area contributed by atoms with Gasteiger partial charge in [-0.15, -0.1) is 0 Å². The van der Waals surface area contributed by atoms with Gasteiger partial charge in [0.2, 0.25) is 0 Å². The molecule has 0 aliphatic carbocycles. The number of fused-ring (bicyclic) bond motifs is 1. The SMILES string of the molecule is CN1C(=O)COc2ccc(C(C)(N)CC(=O)O)cc21. The third-order valence-electron chi connectivity index (χ3n) is 3.22. The largest absolute Gasteiger partial charge is 0.482 e. The van der Waals surface area contributed by atoms with E-state index in [9.17, 15) is 9.59 Å². The topological polar surface area (TPSA) is 92.9 Å². The van der Waals surface area contributed by atoms with E-state index in [4.69, 9.17) is 15.6 Å². The summed E-state index contributed by atoms with van der Waals surface area (Å²) in [6.07, 6.45) is -0.190. The quantitative estimate of drug-likeness (QED) is 0.837. The van der Waals surface area contributed by atoms with Crippen LogP contribution in [0.3, 0.4) is 0 Å². The van der Waals surface area contributed by atoms with Gasteiger partial charge in [-0.2, -0.15) is 0 Å². The van der Waals surface area contributed by atoms with Crippen LogP contribution in [-0.4, -0.2) is 30.6 Å². The Labute approximate surface area is 110 Å². The highest BCUT2D eigenvalue weighted by molar-refractivity contribution is 5.97. The molecule has 6 nitrogen and oxygen atoms in total. The zero-order valence-electron chi connectivity index (χ0n) is 10.8. The van der Waals surface area contributed by atoms with Crippen molar-refractivity contribution in [1.82, 2.24) is 0 Å². The van der Waals surface area contributed by atoms with E-state index >= 15 is 0 Å². The predicted molar refractivity (Wildman–Crippen MR) is 69.1 cm³/mol. The smallest absolute Gasteiger partial charge is 0.305 e. The fourth-order valence-corrected chi connectivity index (χ4v) is 2.04. The number of anilines is 1. The number of carboxylic acid groups (broad SMARTS) is 1. The number of amides is 1. The molecule has 6 heteroatoms. The molecule has 1 unspecified atom stereocenters. The van der Waals surface area contributed by atoms with E-state index in [0.29, 0.717) is 17.0 Å². The number of aliphatic carboxylic acids is 1. The number of nitrogens with two attached hydrogens (primary N) is 1. The van der Waals surface area contributed by atoms with Gasteiger partial charge >= 0.3 is 5.97 Å². The Kier molecular flexibility index (Phi) is 3.20. The van der Waals surface area contributed by atoms with Crippen LogP contribution in [0.5, 0.6) is 5.75 Å². The fraction of sp³-hybridized carbons (Fsp3) is 0.385. The Balaban J connectivity index is 2.40. The van der Waals surface area contributed by atoms with Gasteiger partial charge in [0, 0.05) is 12.6 Å². The number of likely N-dealkylation sites (N-methyl/N-ethyl adjacent to an activating group) is 1. The molecule has 0 radical (unpaired) electrons. The highest BCUT2D eigenvalue weighted by atomic mass is 16.5. The number of hydrogen-bond donors (Lipinski definition) is 2. The molecule has 0 aromatic heterocycles. The van der Waals surface area contributed by atoms with Crippen molar-refractivity contribution in [2.45, 2.75) is 18.9 Å². The lowest BCUT2D eigenvalue weighted by Gasteiger charge is -2.29. The molecule has 2 rings (SSSR count). The van der Waals surface area contributed by atoms with Crippen LogP contribution in [0.1, 0.15) is 18.9 Å². The average molecular weight is 264 g/mol. The van der Waals surface area contributed by atoms with Gasteiger partial charge in [-0.3, -0.25) is 9.59 Å². The van der Waals surface area contributed by atoms with E-state index in [-0.39, 0.29) is 18.9 Å². The van der Waals surface area contributed by atoms with E-state index in [1.54, 1.807) is 32.2 Å². The van der Waals surface area contributed by atoms with Gasteiger partial charge in [-0.25, -0.2) is 0 Å². The molecule has 0 spiro atoms. The highest BCUT2D eigenvalue weighted by Crippen LogP contribution is 2.35. The number of carboxylic acids is 1. The Morgan fingerprint density at radius 3 is 2.89 bits per heavy atom. The van der Waals surface area contributed by atoms with E-state index in [1.807, 2.05) is 0 Å². The lowest BCUT2D eigenvalue weighted by molar-refractivity contribution is -0.138. The Morgan fingerprint density at radius 2 is 2.26 bits per heavy atom. The molecule has 0 bridgehead atoms. The van der Waals surface area contributed by atoms with Crippen molar-refractivity contribution in [2.24, 2.45) is 5.73 Å². The summed E-state index contributed by atoms with van der Waals surface area (Å²) in [5.74, 6) is -0.526. The number of nitrogens with zero attached hydrogens (tertiary/aromatic N) is 1. The lowest BCUT2D eigenvalue weighted by atomic mass is 9.89. The molecule has 0 fully saturated rings. The molecule has 0 saturated carbocycles. The van der Waals surface area contributed by atoms with Crippen molar-refractivity contribution in [3.05, 3.63) is 23.8 Å². The van der Waals surface area contributed by atoms with E-state index in [2.05, 4.69) is 0 Å². The van der Waals surface area contributed by atoms with Crippen molar-refractivity contribution in [2.75, 3.05) is 18.6 Å². The average Bonchev–Trinajstić information content (AvgIpc) is 2.32. The van der Waals surface area contributed by atoms with Crippen LogP contribution < -0.4 is 15.4 Å². The minimum atomic E-state index is -0.998. The summed E-state index contributed by atoms with van der Waals surface area (Å²) in [6, 6.07) is 5.14. The van der Waals surface area contributed by atoms with Gasteiger partial charge in [-0.05, 0) is 24.6 Å². The molecule has 1 atom stereocenters. The van der Waals surface area contributed by atoms with E-state index in [1.165, 1.54) is 4.90 Å². The van der Waals surface area contributed by atoms with Crippen molar-refractivity contribution in [3.63, 3.8) is 0 Å². The van der Waals surface area contributed by atoms with Crippen molar-refractivity contribution < 1.29 is 19.4 Å². The van der Waals surface area contributed by atoms with Crippen LogP contribution in [-0.2, 0) is 15.1 Å². The molecular formula is C13H16N2O4. The Morgan fingerprint density at radius 1 is 1.58 bits per heavy atom.